The van der Waals surface area contributed by atoms with Crippen LogP contribution in [0.1, 0.15) is 5.69 Å². The average Bonchev–Trinajstić information content (AvgIpc) is 2.39. The Bertz CT molecular complexity index is 702. The standard InChI is InChI=1S/C13H15N3O3S/c1-14-7-10-8-15-9-13(16-10)19-11-4-3-5-12(6-11)20(2,17)18/h3-6,8-9,14H,7H2,1-2H3. The molecule has 0 radical (unpaired) electrons. The first-order valence-electron chi connectivity index (χ1n) is 5.92. The fraction of sp³-hybridized carbons (Fsp3) is 0.231. The highest BCUT2D eigenvalue weighted by Crippen LogP contribution is 2.22. The molecule has 1 N–H and O–H groups in total. The molecule has 1 heterocycles. The lowest BCUT2D eigenvalue weighted by Crippen LogP contribution is -2.07. The summed E-state index contributed by atoms with van der Waals surface area (Å²) in [5.74, 6) is 0.729. The molecule has 0 unspecified atom stereocenters. The fourth-order valence-corrected chi connectivity index (χ4v) is 2.25. The molecule has 7 heteroatoms. The Morgan fingerprint density at radius 1 is 1.30 bits per heavy atom. The van der Waals surface area contributed by atoms with Crippen molar-refractivity contribution in [2.24, 2.45) is 0 Å². The molecule has 0 atom stereocenters. The Morgan fingerprint density at radius 2 is 2.10 bits per heavy atom. The van der Waals surface area contributed by atoms with Gasteiger partial charge in [0.2, 0.25) is 5.88 Å². The van der Waals surface area contributed by atoms with Gasteiger partial charge in [0.15, 0.2) is 9.84 Å². The molecule has 0 fully saturated rings. The number of hydrogen-bond donors (Lipinski definition) is 1. The van der Waals surface area contributed by atoms with Crippen LogP contribution in [0, 0.1) is 0 Å². The first-order chi connectivity index (χ1) is 9.49. The third kappa shape index (κ3) is 3.75. The number of rotatable bonds is 5. The number of ether oxygens (including phenoxy) is 1. The SMILES string of the molecule is CNCc1cncc(Oc2cccc(S(C)(=O)=O)c2)n1. The summed E-state index contributed by atoms with van der Waals surface area (Å²) in [5.41, 5.74) is 0.740. The van der Waals surface area contributed by atoms with Crippen LogP contribution in [-0.4, -0.2) is 31.7 Å². The summed E-state index contributed by atoms with van der Waals surface area (Å²) >= 11 is 0. The predicted octanol–water partition coefficient (Wildman–Crippen LogP) is 1.39. The van der Waals surface area contributed by atoms with Crippen molar-refractivity contribution in [1.82, 2.24) is 15.3 Å². The van der Waals surface area contributed by atoms with Gasteiger partial charge in [-0.3, -0.25) is 4.98 Å². The smallest absolute Gasteiger partial charge is 0.238 e. The van der Waals surface area contributed by atoms with E-state index in [1.165, 1.54) is 18.3 Å². The first-order valence-corrected chi connectivity index (χ1v) is 7.81. The van der Waals surface area contributed by atoms with Gasteiger partial charge in [-0.15, -0.1) is 0 Å². The highest BCUT2D eigenvalue weighted by atomic mass is 32.2. The van der Waals surface area contributed by atoms with E-state index >= 15 is 0 Å². The van der Waals surface area contributed by atoms with Crippen LogP contribution in [0.2, 0.25) is 0 Å². The molecule has 0 aliphatic rings. The van der Waals surface area contributed by atoms with Crippen molar-refractivity contribution in [1.29, 1.82) is 0 Å². The number of nitrogens with zero attached hydrogens (tertiary/aromatic N) is 2. The summed E-state index contributed by atoms with van der Waals surface area (Å²) in [6.45, 7) is 0.577. The molecule has 1 aromatic carbocycles. The lowest BCUT2D eigenvalue weighted by Gasteiger charge is -2.07. The van der Waals surface area contributed by atoms with Crippen LogP contribution in [0.4, 0.5) is 0 Å². The third-order valence-corrected chi connectivity index (χ3v) is 3.59. The minimum atomic E-state index is -3.26. The Kier molecular flexibility index (Phi) is 4.31. The number of benzene rings is 1. The van der Waals surface area contributed by atoms with Crippen LogP contribution < -0.4 is 10.1 Å². The number of hydrogen-bond acceptors (Lipinski definition) is 6. The summed E-state index contributed by atoms with van der Waals surface area (Å²) in [5, 5.41) is 2.97. The highest BCUT2D eigenvalue weighted by Gasteiger charge is 2.09. The summed E-state index contributed by atoms with van der Waals surface area (Å²) in [4.78, 5) is 8.48. The van der Waals surface area contributed by atoms with E-state index in [4.69, 9.17) is 4.74 Å². The van der Waals surface area contributed by atoms with E-state index in [0.29, 0.717) is 18.2 Å². The van der Waals surface area contributed by atoms with Crippen molar-refractivity contribution in [3.05, 3.63) is 42.4 Å². The van der Waals surface area contributed by atoms with E-state index < -0.39 is 9.84 Å². The molecule has 0 aliphatic carbocycles. The predicted molar refractivity (Wildman–Crippen MR) is 74.4 cm³/mol. The summed E-state index contributed by atoms with van der Waals surface area (Å²) < 4.78 is 28.5. The number of nitrogens with one attached hydrogen (secondary N) is 1. The van der Waals surface area contributed by atoms with Gasteiger partial charge in [-0.05, 0) is 25.2 Å². The van der Waals surface area contributed by atoms with Gasteiger partial charge in [0.05, 0.1) is 16.8 Å². The topological polar surface area (TPSA) is 81.2 Å². The molecule has 1 aromatic heterocycles. The second kappa shape index (κ2) is 5.98. The minimum Gasteiger partial charge on any atom is -0.437 e. The van der Waals surface area contributed by atoms with Crippen molar-refractivity contribution in [3.8, 4) is 11.6 Å². The fourth-order valence-electron chi connectivity index (χ4n) is 1.59. The zero-order valence-electron chi connectivity index (χ0n) is 11.2. The maximum atomic E-state index is 11.5. The Morgan fingerprint density at radius 3 is 2.80 bits per heavy atom. The summed E-state index contributed by atoms with van der Waals surface area (Å²) in [7, 11) is -1.45. The third-order valence-electron chi connectivity index (χ3n) is 2.48. The van der Waals surface area contributed by atoms with Crippen molar-refractivity contribution < 1.29 is 13.2 Å². The Labute approximate surface area is 117 Å². The molecule has 2 aromatic rings. The molecule has 2 rings (SSSR count). The molecule has 0 aliphatic heterocycles. The van der Waals surface area contributed by atoms with Gasteiger partial charge >= 0.3 is 0 Å². The summed E-state index contributed by atoms with van der Waals surface area (Å²) in [6.07, 6.45) is 4.27. The zero-order valence-corrected chi connectivity index (χ0v) is 12.0. The molecule has 20 heavy (non-hydrogen) atoms. The second-order valence-electron chi connectivity index (χ2n) is 4.23. The van der Waals surface area contributed by atoms with Crippen molar-refractivity contribution >= 4 is 9.84 Å². The van der Waals surface area contributed by atoms with Gasteiger partial charge in [0.25, 0.3) is 0 Å². The van der Waals surface area contributed by atoms with Crippen LogP contribution in [0.3, 0.4) is 0 Å². The Hall–Kier alpha value is -1.99. The van der Waals surface area contributed by atoms with Crippen LogP contribution in [0.5, 0.6) is 11.6 Å². The molecule has 0 amide bonds. The monoisotopic (exact) mass is 293 g/mol. The number of sulfone groups is 1. The van der Waals surface area contributed by atoms with E-state index in [9.17, 15) is 8.42 Å². The molecule has 6 nitrogen and oxygen atoms in total. The molecule has 0 bridgehead atoms. The minimum absolute atomic E-state index is 0.203. The quantitative estimate of drug-likeness (QED) is 0.897. The molecular weight excluding hydrogens is 278 g/mol. The van der Waals surface area contributed by atoms with E-state index in [-0.39, 0.29) is 4.90 Å². The van der Waals surface area contributed by atoms with Crippen LogP contribution >= 0.6 is 0 Å². The van der Waals surface area contributed by atoms with Crippen molar-refractivity contribution in [2.75, 3.05) is 13.3 Å². The van der Waals surface area contributed by atoms with Crippen molar-refractivity contribution in [2.45, 2.75) is 11.4 Å². The molecule has 0 spiro atoms. The second-order valence-corrected chi connectivity index (χ2v) is 6.24. The van der Waals surface area contributed by atoms with E-state index in [1.54, 1.807) is 18.3 Å². The molecule has 0 saturated heterocycles. The maximum absolute atomic E-state index is 11.5. The van der Waals surface area contributed by atoms with Gasteiger partial charge in [-0.25, -0.2) is 13.4 Å². The molecular formula is C13H15N3O3S. The van der Waals surface area contributed by atoms with Gasteiger partial charge in [-0.2, -0.15) is 0 Å². The first kappa shape index (κ1) is 14.4. The van der Waals surface area contributed by atoms with Crippen molar-refractivity contribution in [3.63, 3.8) is 0 Å². The zero-order chi connectivity index (χ0) is 14.6. The van der Waals surface area contributed by atoms with Gasteiger partial charge in [-0.1, -0.05) is 6.07 Å². The molecule has 0 saturated carbocycles. The van der Waals surface area contributed by atoms with Gasteiger partial charge in [0.1, 0.15) is 5.75 Å². The normalized spacial score (nSPS) is 11.3. The lowest BCUT2D eigenvalue weighted by atomic mass is 10.3. The van der Waals surface area contributed by atoms with E-state index in [0.717, 1.165) is 11.9 Å². The van der Waals surface area contributed by atoms with E-state index in [2.05, 4.69) is 15.3 Å². The number of aromatic nitrogens is 2. The molecule has 106 valence electrons. The van der Waals surface area contributed by atoms with Crippen LogP contribution in [-0.2, 0) is 16.4 Å². The average molecular weight is 293 g/mol. The van der Waals surface area contributed by atoms with E-state index in [1.807, 2.05) is 7.05 Å². The maximum Gasteiger partial charge on any atom is 0.238 e. The van der Waals surface area contributed by atoms with Crippen LogP contribution in [0.25, 0.3) is 0 Å². The Balaban J connectivity index is 2.24. The van der Waals surface area contributed by atoms with Gasteiger partial charge in [0, 0.05) is 19.0 Å². The van der Waals surface area contributed by atoms with Crippen LogP contribution in [0.15, 0.2) is 41.6 Å². The summed E-state index contributed by atoms with van der Waals surface area (Å²) in [6, 6.07) is 6.27. The van der Waals surface area contributed by atoms with Gasteiger partial charge < -0.3 is 10.1 Å². The lowest BCUT2D eigenvalue weighted by molar-refractivity contribution is 0.455. The highest BCUT2D eigenvalue weighted by molar-refractivity contribution is 7.90. The largest absolute Gasteiger partial charge is 0.437 e.